The second kappa shape index (κ2) is 5.72. The number of fused-ring (bicyclic) bond motifs is 1. The number of nitrogens with zero attached hydrogens (tertiary/aromatic N) is 2. The Bertz CT molecular complexity index is 494. The Kier molecular flexibility index (Phi) is 3.96. The van der Waals surface area contributed by atoms with Crippen LogP contribution < -0.4 is 4.90 Å². The second-order valence-corrected chi connectivity index (χ2v) is 6.87. The molecule has 0 radical (unpaired) electrons. The number of carboxylic acids is 1. The van der Waals surface area contributed by atoms with Crippen LogP contribution in [0.4, 0.5) is 5.13 Å². The fourth-order valence-electron chi connectivity index (χ4n) is 3.53. The maximum atomic E-state index is 11.4. The third kappa shape index (κ3) is 2.43. The van der Waals surface area contributed by atoms with Crippen LogP contribution in [0.2, 0.25) is 0 Å². The lowest BCUT2D eigenvalue weighted by atomic mass is 9.91. The highest BCUT2D eigenvalue weighted by Crippen LogP contribution is 2.39. The van der Waals surface area contributed by atoms with Crippen LogP contribution >= 0.6 is 11.3 Å². The molecule has 0 aromatic carbocycles. The maximum Gasteiger partial charge on any atom is 0.312 e. The summed E-state index contributed by atoms with van der Waals surface area (Å²) in [6.07, 6.45) is 7.83. The van der Waals surface area contributed by atoms with E-state index in [4.69, 9.17) is 4.98 Å². The van der Waals surface area contributed by atoms with Gasteiger partial charge in [-0.15, -0.1) is 11.3 Å². The predicted octanol–water partition coefficient (Wildman–Crippen LogP) is 3.42. The van der Waals surface area contributed by atoms with E-state index in [0.29, 0.717) is 6.04 Å². The molecular weight excluding hydrogens is 272 g/mol. The van der Waals surface area contributed by atoms with Gasteiger partial charge in [0.25, 0.3) is 0 Å². The van der Waals surface area contributed by atoms with E-state index in [9.17, 15) is 9.90 Å². The summed E-state index contributed by atoms with van der Waals surface area (Å²) in [5.74, 6) is -1.10. The van der Waals surface area contributed by atoms with Gasteiger partial charge >= 0.3 is 5.97 Å². The number of aliphatic carboxylic acids is 1. The van der Waals surface area contributed by atoms with E-state index in [2.05, 4.69) is 11.8 Å². The first-order chi connectivity index (χ1) is 9.70. The Morgan fingerprint density at radius 1 is 1.35 bits per heavy atom. The smallest absolute Gasteiger partial charge is 0.312 e. The molecule has 0 amide bonds. The van der Waals surface area contributed by atoms with Crippen molar-refractivity contribution < 1.29 is 9.90 Å². The zero-order valence-electron chi connectivity index (χ0n) is 12.0. The second-order valence-electron chi connectivity index (χ2n) is 5.81. The third-order valence-electron chi connectivity index (χ3n) is 4.59. The lowest BCUT2D eigenvalue weighted by Gasteiger charge is -2.27. The summed E-state index contributed by atoms with van der Waals surface area (Å²) in [6.45, 7) is 3.14. The van der Waals surface area contributed by atoms with Gasteiger partial charge in [-0.25, -0.2) is 4.98 Å². The first-order valence-electron chi connectivity index (χ1n) is 7.69. The van der Waals surface area contributed by atoms with Crippen molar-refractivity contribution in [2.75, 3.05) is 11.4 Å². The summed E-state index contributed by atoms with van der Waals surface area (Å²) in [4.78, 5) is 19.7. The Balaban J connectivity index is 1.89. The van der Waals surface area contributed by atoms with E-state index in [1.54, 1.807) is 11.3 Å². The van der Waals surface area contributed by atoms with Crippen molar-refractivity contribution >= 4 is 22.4 Å². The predicted molar refractivity (Wildman–Crippen MR) is 80.7 cm³/mol. The minimum absolute atomic E-state index is 0.383. The zero-order chi connectivity index (χ0) is 14.1. The van der Waals surface area contributed by atoms with E-state index < -0.39 is 5.97 Å². The molecule has 0 spiro atoms. The highest BCUT2D eigenvalue weighted by atomic mass is 32.1. The van der Waals surface area contributed by atoms with Crippen molar-refractivity contribution in [2.45, 2.75) is 63.8 Å². The summed E-state index contributed by atoms with van der Waals surface area (Å²) < 4.78 is 0. The van der Waals surface area contributed by atoms with Gasteiger partial charge in [0.15, 0.2) is 5.13 Å². The molecule has 2 aliphatic rings. The van der Waals surface area contributed by atoms with Gasteiger partial charge in [0.05, 0.1) is 5.69 Å². The molecule has 1 saturated carbocycles. The summed E-state index contributed by atoms with van der Waals surface area (Å²) in [5, 5.41) is 10.4. The lowest BCUT2D eigenvalue weighted by molar-refractivity contribution is -0.139. The molecule has 1 aromatic heterocycles. The molecule has 1 heterocycles. The van der Waals surface area contributed by atoms with Gasteiger partial charge < -0.3 is 10.0 Å². The van der Waals surface area contributed by atoms with E-state index in [0.717, 1.165) is 36.6 Å². The van der Waals surface area contributed by atoms with Gasteiger partial charge in [0, 0.05) is 17.5 Å². The van der Waals surface area contributed by atoms with Crippen LogP contribution in [0.1, 0.15) is 61.9 Å². The summed E-state index contributed by atoms with van der Waals surface area (Å²) in [5.41, 5.74) is 0.847. The van der Waals surface area contributed by atoms with Crippen molar-refractivity contribution in [2.24, 2.45) is 0 Å². The molecule has 0 saturated heterocycles. The molecule has 20 heavy (non-hydrogen) atoms. The Morgan fingerprint density at radius 3 is 2.75 bits per heavy atom. The van der Waals surface area contributed by atoms with E-state index in [1.165, 1.54) is 30.6 Å². The quantitative estimate of drug-likeness (QED) is 0.924. The number of aryl methyl sites for hydroxylation is 1. The zero-order valence-corrected chi connectivity index (χ0v) is 12.8. The number of aromatic nitrogens is 1. The lowest BCUT2D eigenvalue weighted by Crippen LogP contribution is -2.32. The average molecular weight is 294 g/mol. The van der Waals surface area contributed by atoms with Gasteiger partial charge in [-0.05, 0) is 39.0 Å². The van der Waals surface area contributed by atoms with Crippen LogP contribution in [0.5, 0.6) is 0 Å². The van der Waals surface area contributed by atoms with Crippen LogP contribution in [0.3, 0.4) is 0 Å². The largest absolute Gasteiger partial charge is 0.481 e. The van der Waals surface area contributed by atoms with Crippen LogP contribution in [0.25, 0.3) is 0 Å². The van der Waals surface area contributed by atoms with Crippen molar-refractivity contribution in [1.29, 1.82) is 0 Å². The molecule has 110 valence electrons. The Labute approximate surface area is 123 Å². The van der Waals surface area contributed by atoms with Crippen LogP contribution in [-0.2, 0) is 11.2 Å². The molecule has 1 unspecified atom stereocenters. The first kappa shape index (κ1) is 13.9. The number of hydrogen-bond acceptors (Lipinski definition) is 4. The molecule has 3 rings (SSSR count). The number of carbonyl (C=O) groups is 1. The van der Waals surface area contributed by atoms with E-state index in [-0.39, 0.29) is 5.92 Å². The SMILES string of the molecule is CCN(c1nc2c(s1)CCCC2C(=O)O)C1CCCC1. The third-order valence-corrected chi connectivity index (χ3v) is 5.76. The highest BCUT2D eigenvalue weighted by Gasteiger charge is 2.32. The molecule has 4 nitrogen and oxygen atoms in total. The molecule has 5 heteroatoms. The van der Waals surface area contributed by atoms with E-state index >= 15 is 0 Å². The molecule has 1 atom stereocenters. The molecule has 2 aliphatic carbocycles. The minimum Gasteiger partial charge on any atom is -0.481 e. The maximum absolute atomic E-state index is 11.4. The van der Waals surface area contributed by atoms with Gasteiger partial charge in [-0.2, -0.15) is 0 Å². The van der Waals surface area contributed by atoms with Crippen molar-refractivity contribution in [3.63, 3.8) is 0 Å². The van der Waals surface area contributed by atoms with Gasteiger partial charge in [-0.1, -0.05) is 12.8 Å². The monoisotopic (exact) mass is 294 g/mol. The number of anilines is 1. The fraction of sp³-hybridized carbons (Fsp3) is 0.733. The normalized spacial score (nSPS) is 22.8. The first-order valence-corrected chi connectivity index (χ1v) is 8.51. The molecule has 0 aliphatic heterocycles. The molecule has 1 aromatic rings. The van der Waals surface area contributed by atoms with E-state index in [1.807, 2.05) is 0 Å². The van der Waals surface area contributed by atoms with Crippen LogP contribution in [-0.4, -0.2) is 28.6 Å². The number of carboxylic acid groups (broad SMARTS) is 1. The topological polar surface area (TPSA) is 53.4 Å². The van der Waals surface area contributed by atoms with Crippen LogP contribution in [0, 0.1) is 0 Å². The van der Waals surface area contributed by atoms with Gasteiger partial charge in [0.2, 0.25) is 0 Å². The Morgan fingerprint density at radius 2 is 2.10 bits per heavy atom. The van der Waals surface area contributed by atoms with Gasteiger partial charge in [-0.3, -0.25) is 4.79 Å². The highest BCUT2D eigenvalue weighted by molar-refractivity contribution is 7.15. The van der Waals surface area contributed by atoms with Crippen LogP contribution in [0.15, 0.2) is 0 Å². The minimum atomic E-state index is -0.716. The molecule has 1 N–H and O–H groups in total. The number of rotatable bonds is 4. The Hall–Kier alpha value is -1.10. The summed E-state index contributed by atoms with van der Waals surface area (Å²) >= 11 is 1.73. The molecular formula is C15H22N2O2S. The fourth-order valence-corrected chi connectivity index (χ4v) is 4.83. The van der Waals surface area contributed by atoms with Crippen molar-refractivity contribution in [1.82, 2.24) is 4.98 Å². The standard InChI is InChI=1S/C15H22N2O2S/c1-2-17(10-6-3-4-7-10)15-16-13-11(14(18)19)8-5-9-12(13)20-15/h10-11H,2-9H2,1H3,(H,18,19). The summed E-state index contributed by atoms with van der Waals surface area (Å²) in [7, 11) is 0. The number of hydrogen-bond donors (Lipinski definition) is 1. The molecule has 1 fully saturated rings. The van der Waals surface area contributed by atoms with Crippen molar-refractivity contribution in [3.05, 3.63) is 10.6 Å². The number of thiazole rings is 1. The van der Waals surface area contributed by atoms with Crippen molar-refractivity contribution in [3.8, 4) is 0 Å². The molecule has 0 bridgehead atoms. The average Bonchev–Trinajstić information content (AvgIpc) is 3.07. The van der Waals surface area contributed by atoms with Gasteiger partial charge in [0.1, 0.15) is 5.92 Å². The summed E-state index contributed by atoms with van der Waals surface area (Å²) in [6, 6.07) is 0.607.